The first kappa shape index (κ1) is 17.3. The van der Waals surface area contributed by atoms with Gasteiger partial charge in [0.25, 0.3) is 0 Å². The molecule has 0 aliphatic carbocycles. The summed E-state index contributed by atoms with van der Waals surface area (Å²) in [6.07, 6.45) is 0. The van der Waals surface area contributed by atoms with E-state index in [1.807, 2.05) is 18.2 Å². The summed E-state index contributed by atoms with van der Waals surface area (Å²) in [7, 11) is 0. The molecule has 23 heavy (non-hydrogen) atoms. The summed E-state index contributed by atoms with van der Waals surface area (Å²) >= 11 is 0. The molecule has 7 heteroatoms. The van der Waals surface area contributed by atoms with Gasteiger partial charge in [0.2, 0.25) is 0 Å². The van der Waals surface area contributed by atoms with E-state index in [-0.39, 0.29) is 12.0 Å². The van der Waals surface area contributed by atoms with Gasteiger partial charge in [0.15, 0.2) is 0 Å². The van der Waals surface area contributed by atoms with E-state index < -0.39 is 0 Å². The molecule has 0 saturated carbocycles. The molecule has 0 amide bonds. The van der Waals surface area contributed by atoms with E-state index in [0.29, 0.717) is 26.2 Å². The minimum atomic E-state index is -0.202. The van der Waals surface area contributed by atoms with E-state index in [2.05, 4.69) is 32.0 Å². The molecule has 0 radical (unpaired) electrons. The summed E-state index contributed by atoms with van der Waals surface area (Å²) in [4.78, 5) is 18.9. The average molecular weight is 317 g/mol. The number of esters is 1. The number of carbonyl (C=O) groups excluding carboxylic acids is 1. The number of piperazine rings is 1. The Hall–Kier alpha value is -2.08. The first-order valence-electron chi connectivity index (χ1n) is 7.89. The van der Waals surface area contributed by atoms with E-state index in [4.69, 9.17) is 10.3 Å². The van der Waals surface area contributed by atoms with Gasteiger partial charge in [-0.3, -0.25) is 14.6 Å². The summed E-state index contributed by atoms with van der Waals surface area (Å²) in [5.74, 6) is -0.202. The minimum Gasteiger partial charge on any atom is -0.465 e. The maximum absolute atomic E-state index is 11.6. The Balaban J connectivity index is 1.97. The summed E-state index contributed by atoms with van der Waals surface area (Å²) < 4.78 is 5.01. The van der Waals surface area contributed by atoms with E-state index in [1.54, 1.807) is 6.92 Å². The van der Waals surface area contributed by atoms with Gasteiger partial charge in [-0.05, 0) is 18.0 Å². The fraction of sp³-hybridized carbons (Fsp3) is 0.562. The second-order valence-electron chi connectivity index (χ2n) is 5.56. The lowest BCUT2D eigenvalue weighted by Crippen LogP contribution is -2.54. The molecule has 0 unspecified atom stereocenters. The molecule has 1 aromatic carbocycles. The van der Waals surface area contributed by atoms with Crippen LogP contribution in [0.4, 0.5) is 0 Å². The van der Waals surface area contributed by atoms with E-state index in [9.17, 15) is 4.79 Å². The van der Waals surface area contributed by atoms with Crippen LogP contribution in [0.15, 0.2) is 35.4 Å². The predicted octanol–water partition coefficient (Wildman–Crippen LogP) is 2.05. The molecule has 0 N–H and O–H groups in total. The average Bonchev–Trinajstić information content (AvgIpc) is 2.56. The number of ether oxygens (including phenoxy) is 1. The molecular formula is C16H23N5O2. The highest BCUT2D eigenvalue weighted by molar-refractivity contribution is 5.71. The molecule has 0 bridgehead atoms. The molecular weight excluding hydrogens is 294 g/mol. The Bertz CT molecular complexity index is 545. The molecule has 1 aliphatic rings. The van der Waals surface area contributed by atoms with E-state index >= 15 is 0 Å². The van der Waals surface area contributed by atoms with Crippen molar-refractivity contribution >= 4 is 5.97 Å². The summed E-state index contributed by atoms with van der Waals surface area (Å²) in [6.45, 7) is 6.06. The van der Waals surface area contributed by atoms with Crippen molar-refractivity contribution in [1.82, 2.24) is 9.80 Å². The van der Waals surface area contributed by atoms with Gasteiger partial charge in [-0.2, -0.15) is 0 Å². The number of rotatable bonds is 7. The van der Waals surface area contributed by atoms with Crippen molar-refractivity contribution in [2.45, 2.75) is 19.5 Å². The van der Waals surface area contributed by atoms with Crippen LogP contribution >= 0.6 is 0 Å². The zero-order valence-electron chi connectivity index (χ0n) is 13.5. The molecule has 2 rings (SSSR count). The van der Waals surface area contributed by atoms with Crippen LogP contribution in [-0.4, -0.2) is 61.1 Å². The molecule has 1 aromatic rings. The van der Waals surface area contributed by atoms with E-state index in [0.717, 1.165) is 19.6 Å². The number of benzene rings is 1. The molecule has 1 fully saturated rings. The van der Waals surface area contributed by atoms with Gasteiger partial charge in [0, 0.05) is 43.7 Å². The third kappa shape index (κ3) is 5.56. The monoisotopic (exact) mass is 317 g/mol. The van der Waals surface area contributed by atoms with Gasteiger partial charge in [0.1, 0.15) is 0 Å². The molecule has 1 saturated heterocycles. The van der Waals surface area contributed by atoms with Crippen molar-refractivity contribution in [3.8, 4) is 0 Å². The summed E-state index contributed by atoms with van der Waals surface area (Å²) in [6, 6.07) is 10.3. The number of nitrogens with zero attached hydrogens (tertiary/aromatic N) is 5. The number of carbonyl (C=O) groups is 1. The van der Waals surface area contributed by atoms with E-state index in [1.165, 1.54) is 5.56 Å². The predicted molar refractivity (Wildman–Crippen MR) is 87.7 cm³/mol. The third-order valence-electron chi connectivity index (χ3n) is 3.93. The molecule has 7 nitrogen and oxygen atoms in total. The largest absolute Gasteiger partial charge is 0.465 e. The van der Waals surface area contributed by atoms with Crippen LogP contribution in [0.2, 0.25) is 0 Å². The fourth-order valence-electron chi connectivity index (χ4n) is 2.82. The normalized spacial score (nSPS) is 19.1. The van der Waals surface area contributed by atoms with Crippen molar-refractivity contribution in [2.24, 2.45) is 5.11 Å². The second-order valence-corrected chi connectivity index (χ2v) is 5.56. The number of hydrogen-bond donors (Lipinski definition) is 0. The Labute approximate surface area is 136 Å². The van der Waals surface area contributed by atoms with Gasteiger partial charge < -0.3 is 4.74 Å². The topological polar surface area (TPSA) is 81.5 Å². The quantitative estimate of drug-likeness (QED) is 0.333. The fourth-order valence-corrected chi connectivity index (χ4v) is 2.82. The third-order valence-corrected chi connectivity index (χ3v) is 3.93. The van der Waals surface area contributed by atoms with Crippen LogP contribution in [0.5, 0.6) is 0 Å². The van der Waals surface area contributed by atoms with Gasteiger partial charge in [-0.25, -0.2) is 0 Å². The van der Waals surface area contributed by atoms with Crippen LogP contribution in [0, 0.1) is 0 Å². The lowest BCUT2D eigenvalue weighted by Gasteiger charge is -2.40. The van der Waals surface area contributed by atoms with Gasteiger partial charge in [-0.1, -0.05) is 35.4 Å². The first-order valence-corrected chi connectivity index (χ1v) is 7.89. The van der Waals surface area contributed by atoms with Crippen LogP contribution in [0.3, 0.4) is 0 Å². The number of hydrogen-bond acceptors (Lipinski definition) is 5. The highest BCUT2D eigenvalue weighted by atomic mass is 16.5. The number of azide groups is 1. The van der Waals surface area contributed by atoms with Crippen LogP contribution < -0.4 is 0 Å². The van der Waals surface area contributed by atoms with Gasteiger partial charge in [-0.15, -0.1) is 0 Å². The summed E-state index contributed by atoms with van der Waals surface area (Å²) in [5, 5.41) is 3.73. The highest BCUT2D eigenvalue weighted by Crippen LogP contribution is 2.15. The van der Waals surface area contributed by atoms with Crippen molar-refractivity contribution < 1.29 is 9.53 Å². The standard InChI is InChI=1S/C16H23N5O2/c1-2-23-16(22)13-20-8-9-21(15(12-20)10-18-19-17)11-14-6-4-3-5-7-14/h3-7,15H,2,8-13H2,1H3/t15-/m0/s1. The Kier molecular flexibility index (Phi) is 6.87. The minimum absolute atomic E-state index is 0.106. The molecule has 1 atom stereocenters. The maximum Gasteiger partial charge on any atom is 0.320 e. The first-order chi connectivity index (χ1) is 11.2. The zero-order chi connectivity index (χ0) is 16.5. The Morgan fingerprint density at radius 3 is 2.87 bits per heavy atom. The maximum atomic E-state index is 11.6. The molecule has 1 heterocycles. The summed E-state index contributed by atoms with van der Waals surface area (Å²) in [5.41, 5.74) is 9.84. The lowest BCUT2D eigenvalue weighted by molar-refractivity contribution is -0.145. The second kappa shape index (κ2) is 9.15. The molecule has 124 valence electrons. The van der Waals surface area contributed by atoms with Gasteiger partial charge >= 0.3 is 5.97 Å². The van der Waals surface area contributed by atoms with Crippen molar-refractivity contribution in [2.75, 3.05) is 39.3 Å². The molecule has 0 spiro atoms. The van der Waals surface area contributed by atoms with Crippen LogP contribution in [0.25, 0.3) is 10.4 Å². The van der Waals surface area contributed by atoms with Crippen LogP contribution in [-0.2, 0) is 16.1 Å². The van der Waals surface area contributed by atoms with Crippen molar-refractivity contribution in [3.05, 3.63) is 46.3 Å². The SMILES string of the molecule is CCOC(=O)CN1CCN(Cc2ccccc2)[C@@H](CN=[N+]=[N-])C1. The lowest BCUT2D eigenvalue weighted by atomic mass is 10.1. The molecule has 1 aliphatic heterocycles. The zero-order valence-corrected chi connectivity index (χ0v) is 13.5. The van der Waals surface area contributed by atoms with Gasteiger partial charge in [0.05, 0.1) is 13.2 Å². The molecule has 0 aromatic heterocycles. The van der Waals surface area contributed by atoms with Crippen LogP contribution in [0.1, 0.15) is 12.5 Å². The highest BCUT2D eigenvalue weighted by Gasteiger charge is 2.27. The smallest absolute Gasteiger partial charge is 0.320 e. The Morgan fingerprint density at radius 2 is 2.17 bits per heavy atom. The Morgan fingerprint density at radius 1 is 1.39 bits per heavy atom. The van der Waals surface area contributed by atoms with Crippen molar-refractivity contribution in [3.63, 3.8) is 0 Å². The van der Waals surface area contributed by atoms with Crippen molar-refractivity contribution in [1.29, 1.82) is 0 Å².